The molecule has 5 rings (SSSR count). The number of rotatable bonds is 5. The maximum Gasteiger partial charge on any atom is 0.331 e. The predicted molar refractivity (Wildman–Crippen MR) is 125 cm³/mol. The first-order valence-corrected chi connectivity index (χ1v) is 10.1. The van der Waals surface area contributed by atoms with Crippen LogP contribution in [0.4, 0.5) is 5.95 Å². The molecule has 1 N–H and O–H groups in total. The lowest BCUT2D eigenvalue weighted by Gasteiger charge is -2.12. The molecule has 33 heavy (non-hydrogen) atoms. The lowest BCUT2D eigenvalue weighted by Crippen LogP contribution is -2.16. The molecule has 0 saturated heterocycles. The highest BCUT2D eigenvalue weighted by Gasteiger charge is 2.18. The minimum Gasteiger partial charge on any atom is -0.481 e. The minimum absolute atomic E-state index is 0.270. The van der Waals surface area contributed by atoms with Gasteiger partial charge in [0.1, 0.15) is 5.69 Å². The highest BCUT2D eigenvalue weighted by Crippen LogP contribution is 2.31. The van der Waals surface area contributed by atoms with Gasteiger partial charge in [-0.1, -0.05) is 6.07 Å². The van der Waals surface area contributed by atoms with Gasteiger partial charge in [-0.25, -0.2) is 14.8 Å². The van der Waals surface area contributed by atoms with Crippen molar-refractivity contribution >= 4 is 27.9 Å². The van der Waals surface area contributed by atoms with Crippen LogP contribution in [-0.4, -0.2) is 57.8 Å². The molecule has 0 aliphatic heterocycles. The molecule has 4 aromatic heterocycles. The van der Waals surface area contributed by atoms with Gasteiger partial charge < -0.3 is 19.4 Å². The van der Waals surface area contributed by atoms with Crippen LogP contribution in [0.5, 0.6) is 11.8 Å². The Hall–Kier alpha value is -4.47. The summed E-state index contributed by atoms with van der Waals surface area (Å²) in [5, 5.41) is 0.790. The molecule has 5 aromatic rings. The number of benzene rings is 1. The lowest BCUT2D eigenvalue weighted by atomic mass is 10.1. The summed E-state index contributed by atoms with van der Waals surface area (Å²) in [6.45, 7) is 0. The number of methoxy groups -OCH3 is 2. The largest absolute Gasteiger partial charge is 0.481 e. The second-order valence-corrected chi connectivity index (χ2v) is 7.57. The first-order chi connectivity index (χ1) is 16.0. The Balaban J connectivity index is 1.76. The van der Waals surface area contributed by atoms with Gasteiger partial charge in [0.15, 0.2) is 0 Å². The van der Waals surface area contributed by atoms with Crippen molar-refractivity contribution in [1.82, 2.24) is 29.5 Å². The third-order valence-corrected chi connectivity index (χ3v) is 5.34. The summed E-state index contributed by atoms with van der Waals surface area (Å²) in [6, 6.07) is 9.27. The van der Waals surface area contributed by atoms with Crippen LogP contribution in [-0.2, 0) is 0 Å². The van der Waals surface area contributed by atoms with Crippen molar-refractivity contribution in [3.8, 4) is 28.6 Å². The standard InChI is InChI=1S/C23H21N7O3/c1-29(2)22-25-10-14(11-26-22)13-5-6-16-15(9-13)20-17(12-24-16)27-23(31)30(20)18-7-8-19(32-3)28-21(18)33-4/h5-12H,1-4H3,(H,27,31). The fraction of sp³-hybridized carbons (Fsp3) is 0.174. The lowest BCUT2D eigenvalue weighted by molar-refractivity contribution is 0.363. The predicted octanol–water partition coefficient (Wildman–Crippen LogP) is 2.80. The van der Waals surface area contributed by atoms with Gasteiger partial charge in [0, 0.05) is 43.5 Å². The number of ether oxygens (including phenoxy) is 2. The molecule has 0 spiro atoms. The molecule has 0 bridgehead atoms. The molecular formula is C23H21N7O3. The van der Waals surface area contributed by atoms with Crippen molar-refractivity contribution in [3.05, 3.63) is 59.4 Å². The fourth-order valence-corrected chi connectivity index (χ4v) is 3.74. The van der Waals surface area contributed by atoms with E-state index in [1.807, 2.05) is 37.2 Å². The highest BCUT2D eigenvalue weighted by atomic mass is 16.5. The van der Waals surface area contributed by atoms with E-state index in [2.05, 4.69) is 24.9 Å². The number of H-pyrrole nitrogens is 1. The van der Waals surface area contributed by atoms with E-state index < -0.39 is 0 Å². The number of hydrogen-bond donors (Lipinski definition) is 1. The Kier molecular flexibility index (Phi) is 4.89. The van der Waals surface area contributed by atoms with Crippen LogP contribution in [0, 0.1) is 0 Å². The van der Waals surface area contributed by atoms with Crippen molar-refractivity contribution in [3.63, 3.8) is 0 Å². The normalized spacial score (nSPS) is 11.2. The van der Waals surface area contributed by atoms with E-state index in [0.717, 1.165) is 22.0 Å². The topological polar surface area (TPSA) is 111 Å². The van der Waals surface area contributed by atoms with Crippen molar-refractivity contribution in [2.24, 2.45) is 0 Å². The number of anilines is 1. The molecule has 0 atom stereocenters. The van der Waals surface area contributed by atoms with E-state index in [1.165, 1.54) is 14.2 Å². The van der Waals surface area contributed by atoms with Crippen molar-refractivity contribution in [1.29, 1.82) is 0 Å². The van der Waals surface area contributed by atoms with Crippen LogP contribution in [0.1, 0.15) is 0 Å². The molecule has 0 amide bonds. The molecule has 0 fully saturated rings. The second-order valence-electron chi connectivity index (χ2n) is 7.57. The Bertz CT molecular complexity index is 1540. The zero-order valence-corrected chi connectivity index (χ0v) is 18.5. The van der Waals surface area contributed by atoms with Gasteiger partial charge in [0.2, 0.25) is 17.7 Å². The molecule has 0 radical (unpaired) electrons. The van der Waals surface area contributed by atoms with E-state index >= 15 is 0 Å². The Morgan fingerprint density at radius 3 is 2.42 bits per heavy atom. The zero-order chi connectivity index (χ0) is 23.1. The quantitative estimate of drug-likeness (QED) is 0.441. The Morgan fingerprint density at radius 1 is 0.939 bits per heavy atom. The summed E-state index contributed by atoms with van der Waals surface area (Å²) in [4.78, 5) is 35.4. The summed E-state index contributed by atoms with van der Waals surface area (Å²) >= 11 is 0. The maximum absolute atomic E-state index is 13.0. The third-order valence-electron chi connectivity index (χ3n) is 5.34. The average Bonchev–Trinajstić information content (AvgIpc) is 3.19. The molecule has 10 nitrogen and oxygen atoms in total. The molecule has 1 aromatic carbocycles. The third kappa shape index (κ3) is 3.41. The number of fused-ring (bicyclic) bond motifs is 3. The number of aromatic nitrogens is 6. The van der Waals surface area contributed by atoms with E-state index in [0.29, 0.717) is 28.5 Å². The van der Waals surface area contributed by atoms with Crippen molar-refractivity contribution < 1.29 is 9.47 Å². The minimum atomic E-state index is -0.325. The SMILES string of the molecule is COc1ccc(-n2c(=O)[nH]c3cnc4ccc(-c5cnc(N(C)C)nc5)cc4c32)c(OC)n1. The number of aromatic amines is 1. The van der Waals surface area contributed by atoms with E-state index in [1.54, 1.807) is 35.3 Å². The number of imidazole rings is 1. The van der Waals surface area contributed by atoms with Crippen molar-refractivity contribution in [2.45, 2.75) is 0 Å². The van der Waals surface area contributed by atoms with E-state index in [9.17, 15) is 4.79 Å². The number of pyridine rings is 2. The van der Waals surface area contributed by atoms with Crippen LogP contribution in [0.15, 0.2) is 53.7 Å². The van der Waals surface area contributed by atoms with Crippen LogP contribution < -0.4 is 20.1 Å². The monoisotopic (exact) mass is 443 g/mol. The molecule has 10 heteroatoms. The summed E-state index contributed by atoms with van der Waals surface area (Å²) in [6.07, 6.45) is 5.20. The summed E-state index contributed by atoms with van der Waals surface area (Å²) in [5.41, 5.74) is 3.93. The molecule has 0 unspecified atom stereocenters. The summed E-state index contributed by atoms with van der Waals surface area (Å²) in [5.74, 6) is 1.28. The smallest absolute Gasteiger partial charge is 0.331 e. The average molecular weight is 443 g/mol. The Morgan fingerprint density at radius 2 is 1.73 bits per heavy atom. The number of nitrogens with one attached hydrogen (secondary N) is 1. The van der Waals surface area contributed by atoms with E-state index in [-0.39, 0.29) is 11.6 Å². The molecule has 0 aliphatic carbocycles. The van der Waals surface area contributed by atoms with Crippen molar-refractivity contribution in [2.75, 3.05) is 33.2 Å². The van der Waals surface area contributed by atoms with Gasteiger partial charge in [-0.05, 0) is 23.8 Å². The van der Waals surface area contributed by atoms with Crippen LogP contribution in [0.3, 0.4) is 0 Å². The van der Waals surface area contributed by atoms with Crippen LogP contribution in [0.25, 0.3) is 38.8 Å². The maximum atomic E-state index is 13.0. The van der Waals surface area contributed by atoms with E-state index in [4.69, 9.17) is 9.47 Å². The summed E-state index contributed by atoms with van der Waals surface area (Å²) < 4.78 is 12.2. The molecule has 0 saturated carbocycles. The Labute approximate surface area is 188 Å². The van der Waals surface area contributed by atoms with Gasteiger partial charge in [-0.3, -0.25) is 9.55 Å². The van der Waals surface area contributed by atoms with Gasteiger partial charge in [0.25, 0.3) is 0 Å². The van der Waals surface area contributed by atoms with Gasteiger partial charge >= 0.3 is 5.69 Å². The molecule has 0 aliphatic rings. The van der Waals surface area contributed by atoms with Crippen LogP contribution >= 0.6 is 0 Å². The zero-order valence-electron chi connectivity index (χ0n) is 18.5. The molecule has 166 valence electrons. The molecule has 4 heterocycles. The first-order valence-electron chi connectivity index (χ1n) is 10.1. The molecular weight excluding hydrogens is 422 g/mol. The first kappa shape index (κ1) is 20.4. The highest BCUT2D eigenvalue weighted by molar-refractivity contribution is 6.04. The number of nitrogens with zero attached hydrogens (tertiary/aromatic N) is 6. The summed E-state index contributed by atoms with van der Waals surface area (Å²) in [7, 11) is 6.80. The number of hydrogen-bond acceptors (Lipinski definition) is 8. The van der Waals surface area contributed by atoms with Gasteiger partial charge in [-0.15, -0.1) is 0 Å². The fourth-order valence-electron chi connectivity index (χ4n) is 3.74. The van der Waals surface area contributed by atoms with Crippen LogP contribution in [0.2, 0.25) is 0 Å². The van der Waals surface area contributed by atoms with Gasteiger partial charge in [-0.2, -0.15) is 4.98 Å². The second kappa shape index (κ2) is 7.90. The van der Waals surface area contributed by atoms with Gasteiger partial charge in [0.05, 0.1) is 37.0 Å².